The molecule has 0 aliphatic heterocycles. The Hall–Kier alpha value is -3.13. The number of aromatic nitrogens is 2. The number of fused-ring (bicyclic) bond motifs is 1. The van der Waals surface area contributed by atoms with Crippen molar-refractivity contribution in [2.24, 2.45) is 0 Å². The molecule has 24 heavy (non-hydrogen) atoms. The zero-order valence-corrected chi connectivity index (χ0v) is 13.5. The molecule has 0 spiro atoms. The van der Waals surface area contributed by atoms with E-state index in [-0.39, 0.29) is 5.91 Å². The number of rotatable bonds is 5. The highest BCUT2D eigenvalue weighted by Crippen LogP contribution is 2.15. The van der Waals surface area contributed by atoms with Crippen molar-refractivity contribution in [1.82, 2.24) is 14.9 Å². The average Bonchev–Trinajstić information content (AvgIpc) is 2.94. The first kappa shape index (κ1) is 15.8. The van der Waals surface area contributed by atoms with Gasteiger partial charge in [-0.1, -0.05) is 12.1 Å². The fourth-order valence-electron chi connectivity index (χ4n) is 2.72. The number of benzene rings is 2. The van der Waals surface area contributed by atoms with Gasteiger partial charge in [0.15, 0.2) is 0 Å². The number of carbonyl (C=O) groups excluding carboxylic acids is 1. The number of hydrogen-bond acceptors (Lipinski definition) is 3. The van der Waals surface area contributed by atoms with E-state index in [0.717, 1.165) is 29.8 Å². The Bertz CT molecular complexity index is 903. The molecule has 5 heteroatoms. The number of nitriles is 1. The summed E-state index contributed by atoms with van der Waals surface area (Å²) in [6, 6.07) is 16.7. The van der Waals surface area contributed by atoms with Gasteiger partial charge in [0, 0.05) is 18.7 Å². The minimum Gasteiger partial charge on any atom is -0.352 e. The van der Waals surface area contributed by atoms with Crippen molar-refractivity contribution in [2.45, 2.75) is 19.9 Å². The molecule has 0 fully saturated rings. The Labute approximate surface area is 140 Å². The molecule has 5 nitrogen and oxygen atoms in total. The molecule has 1 heterocycles. The summed E-state index contributed by atoms with van der Waals surface area (Å²) in [5.74, 6) is 0.862. The second kappa shape index (κ2) is 6.97. The van der Waals surface area contributed by atoms with E-state index in [1.807, 2.05) is 31.2 Å². The minimum atomic E-state index is -0.119. The summed E-state index contributed by atoms with van der Waals surface area (Å²) in [4.78, 5) is 16.6. The van der Waals surface area contributed by atoms with Gasteiger partial charge in [-0.3, -0.25) is 4.79 Å². The van der Waals surface area contributed by atoms with E-state index in [4.69, 9.17) is 5.26 Å². The summed E-state index contributed by atoms with van der Waals surface area (Å²) in [5, 5.41) is 11.7. The van der Waals surface area contributed by atoms with Crippen molar-refractivity contribution in [2.75, 3.05) is 6.54 Å². The molecule has 3 aromatic rings. The fraction of sp³-hybridized carbons (Fsp3) is 0.211. The monoisotopic (exact) mass is 318 g/mol. The molecule has 0 unspecified atom stereocenters. The lowest BCUT2D eigenvalue weighted by Gasteiger charge is -2.08. The van der Waals surface area contributed by atoms with Crippen molar-refractivity contribution in [3.63, 3.8) is 0 Å². The largest absolute Gasteiger partial charge is 0.352 e. The molecule has 1 aromatic heterocycles. The Morgan fingerprint density at radius 1 is 1.21 bits per heavy atom. The van der Waals surface area contributed by atoms with Gasteiger partial charge < -0.3 is 9.88 Å². The Morgan fingerprint density at radius 3 is 2.71 bits per heavy atom. The maximum atomic E-state index is 12.1. The third kappa shape index (κ3) is 3.28. The maximum Gasteiger partial charge on any atom is 0.251 e. The van der Waals surface area contributed by atoms with Crippen LogP contribution in [-0.4, -0.2) is 22.0 Å². The van der Waals surface area contributed by atoms with Crippen LogP contribution >= 0.6 is 0 Å². The van der Waals surface area contributed by atoms with Crippen LogP contribution in [0.1, 0.15) is 28.2 Å². The summed E-state index contributed by atoms with van der Waals surface area (Å²) in [6.07, 6.45) is 0.823. The summed E-state index contributed by atoms with van der Waals surface area (Å²) in [7, 11) is 0. The first-order valence-corrected chi connectivity index (χ1v) is 7.89. The van der Waals surface area contributed by atoms with Gasteiger partial charge in [0.05, 0.1) is 22.7 Å². The second-order valence-corrected chi connectivity index (χ2v) is 5.60. The number of carbonyl (C=O) groups is 1. The summed E-state index contributed by atoms with van der Waals surface area (Å²) in [5.41, 5.74) is 3.23. The van der Waals surface area contributed by atoms with E-state index < -0.39 is 0 Å². The van der Waals surface area contributed by atoms with Crippen LogP contribution in [0, 0.1) is 18.3 Å². The molecule has 0 saturated carbocycles. The van der Waals surface area contributed by atoms with E-state index in [1.54, 1.807) is 24.3 Å². The van der Waals surface area contributed by atoms with Gasteiger partial charge in [0.25, 0.3) is 5.91 Å². The molecular weight excluding hydrogens is 300 g/mol. The highest BCUT2D eigenvalue weighted by molar-refractivity contribution is 5.94. The van der Waals surface area contributed by atoms with Crippen LogP contribution in [0.2, 0.25) is 0 Å². The van der Waals surface area contributed by atoms with Gasteiger partial charge in [-0.2, -0.15) is 5.26 Å². The summed E-state index contributed by atoms with van der Waals surface area (Å²) in [6.45, 7) is 3.39. The topological polar surface area (TPSA) is 70.7 Å². The Balaban J connectivity index is 1.55. The molecule has 120 valence electrons. The van der Waals surface area contributed by atoms with Crippen LogP contribution in [0.25, 0.3) is 11.0 Å². The Morgan fingerprint density at radius 2 is 1.96 bits per heavy atom. The van der Waals surface area contributed by atoms with Gasteiger partial charge in [0.1, 0.15) is 5.82 Å². The number of nitrogens with zero attached hydrogens (tertiary/aromatic N) is 3. The zero-order valence-electron chi connectivity index (χ0n) is 13.5. The number of amides is 1. The van der Waals surface area contributed by atoms with E-state index >= 15 is 0 Å². The van der Waals surface area contributed by atoms with E-state index in [2.05, 4.69) is 20.9 Å². The van der Waals surface area contributed by atoms with Crippen LogP contribution in [0.5, 0.6) is 0 Å². The summed E-state index contributed by atoms with van der Waals surface area (Å²) < 4.78 is 2.17. The van der Waals surface area contributed by atoms with Crippen LogP contribution in [0.3, 0.4) is 0 Å². The van der Waals surface area contributed by atoms with Crippen molar-refractivity contribution in [1.29, 1.82) is 5.26 Å². The molecule has 3 rings (SSSR count). The third-order valence-corrected chi connectivity index (χ3v) is 3.97. The number of imidazole rings is 1. The van der Waals surface area contributed by atoms with Gasteiger partial charge in [-0.25, -0.2) is 4.98 Å². The molecule has 1 amide bonds. The molecule has 0 atom stereocenters. The van der Waals surface area contributed by atoms with E-state index in [9.17, 15) is 4.79 Å². The van der Waals surface area contributed by atoms with Crippen molar-refractivity contribution in [3.05, 3.63) is 65.5 Å². The van der Waals surface area contributed by atoms with Gasteiger partial charge in [-0.15, -0.1) is 0 Å². The van der Waals surface area contributed by atoms with Crippen molar-refractivity contribution in [3.8, 4) is 6.07 Å². The molecule has 0 aliphatic rings. The molecule has 0 saturated heterocycles. The first-order valence-electron chi connectivity index (χ1n) is 7.89. The van der Waals surface area contributed by atoms with E-state index in [1.165, 1.54) is 0 Å². The van der Waals surface area contributed by atoms with Gasteiger partial charge in [0.2, 0.25) is 0 Å². The van der Waals surface area contributed by atoms with Crippen LogP contribution in [-0.2, 0) is 6.54 Å². The molecule has 0 radical (unpaired) electrons. The van der Waals surface area contributed by atoms with Gasteiger partial charge >= 0.3 is 0 Å². The maximum absolute atomic E-state index is 12.1. The lowest BCUT2D eigenvalue weighted by Crippen LogP contribution is -2.25. The van der Waals surface area contributed by atoms with Crippen molar-refractivity contribution < 1.29 is 4.79 Å². The molecule has 0 aliphatic carbocycles. The van der Waals surface area contributed by atoms with Crippen LogP contribution in [0.4, 0.5) is 0 Å². The smallest absolute Gasteiger partial charge is 0.251 e. The van der Waals surface area contributed by atoms with Gasteiger partial charge in [-0.05, 0) is 49.7 Å². The predicted molar refractivity (Wildman–Crippen MR) is 92.6 cm³/mol. The summed E-state index contributed by atoms with van der Waals surface area (Å²) >= 11 is 0. The number of nitrogens with one attached hydrogen (secondary N) is 1. The van der Waals surface area contributed by atoms with Crippen LogP contribution < -0.4 is 5.32 Å². The van der Waals surface area contributed by atoms with Crippen molar-refractivity contribution >= 4 is 16.9 Å². The third-order valence-electron chi connectivity index (χ3n) is 3.97. The standard InChI is InChI=1S/C19H18N4O/c1-14-22-17-5-2-3-6-18(17)23(14)12-4-11-21-19(24)16-9-7-15(13-20)8-10-16/h2-3,5-10H,4,11-12H2,1H3,(H,21,24). The zero-order chi connectivity index (χ0) is 16.9. The molecule has 2 aromatic carbocycles. The lowest BCUT2D eigenvalue weighted by molar-refractivity contribution is 0.0953. The van der Waals surface area contributed by atoms with E-state index in [0.29, 0.717) is 17.7 Å². The quantitative estimate of drug-likeness (QED) is 0.735. The SMILES string of the molecule is Cc1nc2ccccc2n1CCCNC(=O)c1ccc(C#N)cc1. The molecule has 1 N–H and O–H groups in total. The highest BCUT2D eigenvalue weighted by atomic mass is 16.1. The number of para-hydroxylation sites is 2. The first-order chi connectivity index (χ1) is 11.7. The normalized spacial score (nSPS) is 10.5. The Kier molecular flexibility index (Phi) is 4.57. The predicted octanol–water partition coefficient (Wildman–Crippen LogP) is 3.04. The number of hydrogen-bond donors (Lipinski definition) is 1. The fourth-order valence-corrected chi connectivity index (χ4v) is 2.72. The highest BCUT2D eigenvalue weighted by Gasteiger charge is 2.07. The van der Waals surface area contributed by atoms with Crippen LogP contribution in [0.15, 0.2) is 48.5 Å². The second-order valence-electron chi connectivity index (χ2n) is 5.60. The average molecular weight is 318 g/mol. The molecule has 0 bridgehead atoms. The lowest BCUT2D eigenvalue weighted by atomic mass is 10.1. The minimum absolute atomic E-state index is 0.119. The molecular formula is C19H18N4O. The number of aryl methyl sites for hydroxylation is 2.